The number of thiazole rings is 1. The van der Waals surface area contributed by atoms with Crippen molar-refractivity contribution in [1.29, 1.82) is 0 Å². The number of aromatic hydroxyl groups is 2. The summed E-state index contributed by atoms with van der Waals surface area (Å²) in [5, 5.41) is 22.8. The SMILES string of the molecule is O=S(=O)(Nc1nc2ccccc2s1)c1ccc(NCc2cccc(O)c2O)cc1. The molecule has 0 fully saturated rings. The zero-order valence-electron chi connectivity index (χ0n) is 15.0. The van der Waals surface area contributed by atoms with Crippen molar-refractivity contribution in [2.45, 2.75) is 11.4 Å². The number of anilines is 2. The number of fused-ring (bicyclic) bond motifs is 1. The van der Waals surface area contributed by atoms with E-state index in [1.165, 1.54) is 29.5 Å². The summed E-state index contributed by atoms with van der Waals surface area (Å²) in [4.78, 5) is 4.40. The summed E-state index contributed by atoms with van der Waals surface area (Å²) in [7, 11) is -3.76. The van der Waals surface area contributed by atoms with Gasteiger partial charge in [0.1, 0.15) is 0 Å². The molecule has 0 radical (unpaired) electrons. The molecule has 0 amide bonds. The van der Waals surface area contributed by atoms with E-state index in [1.807, 2.05) is 24.3 Å². The molecule has 3 aromatic carbocycles. The molecule has 0 aliphatic rings. The standard InChI is InChI=1S/C20H17N3O4S2/c24-17-6-3-4-13(19(17)25)12-21-14-8-10-15(11-9-14)29(26,27)23-20-22-16-5-1-2-7-18(16)28-20/h1-11,21,24-25H,12H2,(H,22,23). The third-order valence-corrected chi connectivity index (χ3v) is 6.70. The first-order valence-electron chi connectivity index (χ1n) is 8.64. The Bertz CT molecular complexity index is 1240. The van der Waals surface area contributed by atoms with Crippen molar-refractivity contribution in [3.05, 3.63) is 72.3 Å². The van der Waals surface area contributed by atoms with E-state index in [9.17, 15) is 18.6 Å². The Labute approximate surface area is 171 Å². The highest BCUT2D eigenvalue weighted by molar-refractivity contribution is 7.93. The van der Waals surface area contributed by atoms with Crippen molar-refractivity contribution in [1.82, 2.24) is 4.98 Å². The second-order valence-corrected chi connectivity index (χ2v) is 8.97. The monoisotopic (exact) mass is 427 g/mol. The molecule has 0 bridgehead atoms. The van der Waals surface area contributed by atoms with Gasteiger partial charge >= 0.3 is 0 Å². The fraction of sp³-hybridized carbons (Fsp3) is 0.0500. The van der Waals surface area contributed by atoms with Crippen molar-refractivity contribution in [3.63, 3.8) is 0 Å². The summed E-state index contributed by atoms with van der Waals surface area (Å²) in [6, 6.07) is 18.4. The van der Waals surface area contributed by atoms with Gasteiger partial charge in [0.2, 0.25) is 0 Å². The minimum Gasteiger partial charge on any atom is -0.504 e. The van der Waals surface area contributed by atoms with E-state index in [4.69, 9.17) is 0 Å². The largest absolute Gasteiger partial charge is 0.504 e. The number of hydrogen-bond acceptors (Lipinski definition) is 7. The van der Waals surface area contributed by atoms with Crippen LogP contribution in [0.1, 0.15) is 5.56 Å². The molecule has 0 atom stereocenters. The van der Waals surface area contributed by atoms with Crippen LogP contribution < -0.4 is 10.0 Å². The Morgan fingerprint density at radius 3 is 2.45 bits per heavy atom. The molecule has 0 spiro atoms. The average Bonchev–Trinajstić information content (AvgIpc) is 3.11. The maximum Gasteiger partial charge on any atom is 0.263 e. The number of rotatable bonds is 6. The van der Waals surface area contributed by atoms with Gasteiger partial charge in [0.05, 0.1) is 15.1 Å². The van der Waals surface area contributed by atoms with Gasteiger partial charge in [0.15, 0.2) is 16.6 Å². The van der Waals surface area contributed by atoms with Crippen LogP contribution in [0.3, 0.4) is 0 Å². The van der Waals surface area contributed by atoms with E-state index in [0.29, 0.717) is 16.4 Å². The first-order chi connectivity index (χ1) is 13.9. The lowest BCUT2D eigenvalue weighted by Gasteiger charge is -2.10. The van der Waals surface area contributed by atoms with Crippen LogP contribution in [0.15, 0.2) is 71.6 Å². The predicted molar refractivity (Wildman–Crippen MR) is 114 cm³/mol. The van der Waals surface area contributed by atoms with Crippen molar-refractivity contribution in [3.8, 4) is 11.5 Å². The van der Waals surface area contributed by atoms with E-state index >= 15 is 0 Å². The molecule has 4 N–H and O–H groups in total. The van der Waals surface area contributed by atoms with Gasteiger partial charge in [-0.3, -0.25) is 4.72 Å². The number of nitrogens with zero attached hydrogens (tertiary/aromatic N) is 1. The van der Waals surface area contributed by atoms with Crippen LogP contribution in [-0.4, -0.2) is 23.6 Å². The van der Waals surface area contributed by atoms with Crippen molar-refractivity contribution < 1.29 is 18.6 Å². The van der Waals surface area contributed by atoms with E-state index < -0.39 is 10.0 Å². The van der Waals surface area contributed by atoms with Gasteiger partial charge in [-0.25, -0.2) is 13.4 Å². The number of para-hydroxylation sites is 2. The molecule has 4 aromatic rings. The fourth-order valence-corrected chi connectivity index (χ4v) is 4.86. The van der Waals surface area contributed by atoms with Crippen LogP contribution in [0.5, 0.6) is 11.5 Å². The van der Waals surface area contributed by atoms with Gasteiger partial charge in [-0.05, 0) is 42.5 Å². The molecule has 148 valence electrons. The maximum absolute atomic E-state index is 12.6. The van der Waals surface area contributed by atoms with Gasteiger partial charge in [-0.1, -0.05) is 35.6 Å². The number of phenolic OH excluding ortho intramolecular Hbond substituents is 2. The predicted octanol–water partition coefficient (Wildman–Crippen LogP) is 4.12. The molecule has 1 aromatic heterocycles. The van der Waals surface area contributed by atoms with Crippen LogP contribution >= 0.6 is 11.3 Å². The Balaban J connectivity index is 1.46. The van der Waals surface area contributed by atoms with Gasteiger partial charge in [-0.2, -0.15) is 0 Å². The lowest BCUT2D eigenvalue weighted by atomic mass is 10.2. The Kier molecular flexibility index (Phi) is 4.99. The van der Waals surface area contributed by atoms with E-state index in [1.54, 1.807) is 24.3 Å². The van der Waals surface area contributed by atoms with Crippen LogP contribution in [-0.2, 0) is 16.6 Å². The smallest absolute Gasteiger partial charge is 0.263 e. The summed E-state index contributed by atoms with van der Waals surface area (Å²) < 4.78 is 28.7. The summed E-state index contributed by atoms with van der Waals surface area (Å²) >= 11 is 1.27. The molecular formula is C20H17N3O4S2. The summed E-state index contributed by atoms with van der Waals surface area (Å²) in [5.74, 6) is -0.370. The minimum atomic E-state index is -3.76. The van der Waals surface area contributed by atoms with Crippen LogP contribution in [0.25, 0.3) is 10.2 Å². The molecule has 0 unspecified atom stereocenters. The number of phenols is 2. The number of nitrogens with one attached hydrogen (secondary N) is 2. The summed E-state index contributed by atoms with van der Waals surface area (Å²) in [5.41, 5.74) is 1.94. The second kappa shape index (κ2) is 7.61. The highest BCUT2D eigenvalue weighted by atomic mass is 32.2. The van der Waals surface area contributed by atoms with Crippen LogP contribution in [0, 0.1) is 0 Å². The molecule has 7 nitrogen and oxygen atoms in total. The molecule has 4 rings (SSSR count). The van der Waals surface area contributed by atoms with Gasteiger partial charge < -0.3 is 15.5 Å². The molecule has 0 saturated heterocycles. The summed E-state index contributed by atoms with van der Waals surface area (Å²) in [6.07, 6.45) is 0. The molecular weight excluding hydrogens is 410 g/mol. The average molecular weight is 428 g/mol. The first-order valence-corrected chi connectivity index (χ1v) is 10.9. The van der Waals surface area contributed by atoms with Gasteiger partial charge in [-0.15, -0.1) is 0 Å². The maximum atomic E-state index is 12.6. The van der Waals surface area contributed by atoms with Crippen molar-refractivity contribution >= 4 is 42.4 Å². The Hall–Kier alpha value is -3.30. The topological polar surface area (TPSA) is 112 Å². The lowest BCUT2D eigenvalue weighted by molar-refractivity contribution is 0.400. The minimum absolute atomic E-state index is 0.113. The third-order valence-electron chi connectivity index (χ3n) is 4.26. The Morgan fingerprint density at radius 1 is 0.931 bits per heavy atom. The Morgan fingerprint density at radius 2 is 1.69 bits per heavy atom. The molecule has 0 aliphatic carbocycles. The molecule has 1 heterocycles. The van der Waals surface area contributed by atoms with Crippen molar-refractivity contribution in [2.24, 2.45) is 0 Å². The fourth-order valence-electron chi connectivity index (χ4n) is 2.76. The number of benzene rings is 3. The summed E-state index contributed by atoms with van der Waals surface area (Å²) in [6.45, 7) is 0.274. The quantitative estimate of drug-likeness (QED) is 0.345. The normalized spacial score (nSPS) is 11.4. The lowest BCUT2D eigenvalue weighted by Crippen LogP contribution is -2.12. The van der Waals surface area contributed by atoms with Gasteiger partial charge in [0, 0.05) is 17.8 Å². The highest BCUT2D eigenvalue weighted by Gasteiger charge is 2.16. The zero-order valence-corrected chi connectivity index (χ0v) is 16.7. The second-order valence-electron chi connectivity index (χ2n) is 6.26. The van der Waals surface area contributed by atoms with Crippen LogP contribution in [0.4, 0.5) is 10.8 Å². The molecule has 9 heteroatoms. The first kappa shape index (κ1) is 19.0. The molecule has 0 aliphatic heterocycles. The number of hydrogen-bond donors (Lipinski definition) is 4. The van der Waals surface area contributed by atoms with Crippen LogP contribution in [0.2, 0.25) is 0 Å². The molecule has 29 heavy (non-hydrogen) atoms. The highest BCUT2D eigenvalue weighted by Crippen LogP contribution is 2.29. The third kappa shape index (κ3) is 4.10. The van der Waals surface area contributed by atoms with E-state index in [0.717, 1.165) is 10.2 Å². The van der Waals surface area contributed by atoms with E-state index in [2.05, 4.69) is 15.0 Å². The zero-order chi connectivity index (χ0) is 20.4. The number of sulfonamides is 1. The number of aromatic nitrogens is 1. The van der Waals surface area contributed by atoms with E-state index in [-0.39, 0.29) is 22.9 Å². The van der Waals surface area contributed by atoms with Crippen molar-refractivity contribution in [2.75, 3.05) is 10.0 Å². The molecule has 0 saturated carbocycles. The van der Waals surface area contributed by atoms with Gasteiger partial charge in [0.25, 0.3) is 10.0 Å².